The highest BCUT2D eigenvalue weighted by molar-refractivity contribution is 7.98. The zero-order valence-corrected chi connectivity index (χ0v) is 14.9. The third-order valence-electron chi connectivity index (χ3n) is 3.59. The summed E-state index contributed by atoms with van der Waals surface area (Å²) >= 11 is 1.83. The molecule has 0 bridgehead atoms. The van der Waals surface area contributed by atoms with Gasteiger partial charge in [0.25, 0.3) is 0 Å². The lowest BCUT2D eigenvalue weighted by molar-refractivity contribution is 0.402. The largest absolute Gasteiger partial charge is 0.384 e. The lowest BCUT2D eigenvalue weighted by Gasteiger charge is -2.20. The highest BCUT2D eigenvalue weighted by Gasteiger charge is 2.24. The van der Waals surface area contributed by atoms with E-state index in [-0.39, 0.29) is 5.41 Å². The van der Waals surface area contributed by atoms with E-state index in [0.29, 0.717) is 5.82 Å². The Labute approximate surface area is 137 Å². The first kappa shape index (κ1) is 16.9. The van der Waals surface area contributed by atoms with Crippen molar-refractivity contribution in [3.05, 3.63) is 41.6 Å². The molecule has 0 atom stereocenters. The van der Waals surface area contributed by atoms with Crippen molar-refractivity contribution < 1.29 is 0 Å². The third-order valence-corrected chi connectivity index (χ3v) is 4.60. The van der Waals surface area contributed by atoms with Crippen LogP contribution in [-0.2, 0) is 12.0 Å². The van der Waals surface area contributed by atoms with E-state index in [4.69, 9.17) is 10.8 Å². The number of rotatable bonds is 6. The topological polar surface area (TPSA) is 47.1 Å². The van der Waals surface area contributed by atoms with Gasteiger partial charge in [-0.25, -0.2) is 4.68 Å². The Hall–Kier alpha value is -1.46. The second-order valence-electron chi connectivity index (χ2n) is 6.59. The zero-order chi connectivity index (χ0) is 16.3. The molecule has 4 nitrogen and oxygen atoms in total. The first-order valence-corrected chi connectivity index (χ1v) is 8.82. The fourth-order valence-electron chi connectivity index (χ4n) is 2.52. The van der Waals surface area contributed by atoms with Crippen LogP contribution in [0, 0.1) is 0 Å². The zero-order valence-electron chi connectivity index (χ0n) is 14.1. The first-order chi connectivity index (χ1) is 10.3. The molecule has 1 heterocycles. The molecule has 0 aliphatic carbocycles. The summed E-state index contributed by atoms with van der Waals surface area (Å²) < 4.78 is 1.84. The molecule has 0 saturated carbocycles. The van der Waals surface area contributed by atoms with Crippen LogP contribution in [0.2, 0.25) is 0 Å². The van der Waals surface area contributed by atoms with Gasteiger partial charge in [-0.1, -0.05) is 26.0 Å². The maximum absolute atomic E-state index is 6.20. The molecule has 0 amide bonds. The van der Waals surface area contributed by atoms with Crippen molar-refractivity contribution in [3.8, 4) is 5.69 Å². The molecule has 0 fully saturated rings. The van der Waals surface area contributed by atoms with Gasteiger partial charge in [-0.15, -0.1) is 0 Å². The molecule has 2 aromatic rings. The summed E-state index contributed by atoms with van der Waals surface area (Å²) in [7, 11) is 4.13. The van der Waals surface area contributed by atoms with E-state index >= 15 is 0 Å². The Morgan fingerprint density at radius 1 is 1.27 bits per heavy atom. The van der Waals surface area contributed by atoms with E-state index in [0.717, 1.165) is 23.7 Å². The van der Waals surface area contributed by atoms with Crippen molar-refractivity contribution in [3.63, 3.8) is 0 Å². The number of anilines is 1. The molecule has 1 aromatic carbocycles. The van der Waals surface area contributed by atoms with Gasteiger partial charge < -0.3 is 10.6 Å². The van der Waals surface area contributed by atoms with Crippen molar-refractivity contribution >= 4 is 17.6 Å². The summed E-state index contributed by atoms with van der Waals surface area (Å²) in [5, 5.41) is 4.76. The van der Waals surface area contributed by atoms with E-state index in [2.05, 4.69) is 57.3 Å². The van der Waals surface area contributed by atoms with E-state index in [1.165, 1.54) is 5.56 Å². The van der Waals surface area contributed by atoms with E-state index in [1.54, 1.807) is 0 Å². The van der Waals surface area contributed by atoms with Crippen LogP contribution in [0.4, 0.5) is 5.82 Å². The smallest absolute Gasteiger partial charge is 0.127 e. The molecule has 1 aromatic heterocycles. The lowest BCUT2D eigenvalue weighted by Crippen LogP contribution is -2.21. The molecular weight excluding hydrogens is 292 g/mol. The molecule has 0 spiro atoms. The van der Waals surface area contributed by atoms with Gasteiger partial charge >= 0.3 is 0 Å². The Bertz CT molecular complexity index is 631. The summed E-state index contributed by atoms with van der Waals surface area (Å²) in [5.41, 5.74) is 9.52. The number of nitrogens with two attached hydrogens (primary N) is 1. The number of hydrogen-bond acceptors (Lipinski definition) is 4. The van der Waals surface area contributed by atoms with Crippen LogP contribution in [0.15, 0.2) is 30.3 Å². The number of thioether (sulfide) groups is 1. The molecule has 5 heteroatoms. The summed E-state index contributed by atoms with van der Waals surface area (Å²) in [6, 6.07) is 10.4. The average Bonchev–Trinajstić information content (AvgIpc) is 2.81. The van der Waals surface area contributed by atoms with Gasteiger partial charge in [-0.3, -0.25) is 0 Å². The molecule has 120 valence electrons. The summed E-state index contributed by atoms with van der Waals surface area (Å²) in [6.07, 6.45) is 2.12. The Morgan fingerprint density at radius 3 is 2.64 bits per heavy atom. The van der Waals surface area contributed by atoms with Crippen molar-refractivity contribution in [1.82, 2.24) is 14.7 Å². The highest BCUT2D eigenvalue weighted by atomic mass is 32.2. The van der Waals surface area contributed by atoms with E-state index in [1.807, 2.05) is 28.6 Å². The first-order valence-electron chi connectivity index (χ1n) is 7.42. The minimum absolute atomic E-state index is 0.0139. The fourth-order valence-corrected chi connectivity index (χ4v) is 3.39. The molecule has 0 aliphatic heterocycles. The Kier molecular flexibility index (Phi) is 5.19. The molecular formula is C17H26N4S. The van der Waals surface area contributed by atoms with Crippen LogP contribution in [0.1, 0.15) is 25.1 Å². The van der Waals surface area contributed by atoms with Gasteiger partial charge in [-0.05, 0) is 38.0 Å². The van der Waals surface area contributed by atoms with Crippen molar-refractivity contribution in [2.75, 3.05) is 31.8 Å². The van der Waals surface area contributed by atoms with Crippen molar-refractivity contribution in [2.24, 2.45) is 0 Å². The number of benzene rings is 1. The summed E-state index contributed by atoms with van der Waals surface area (Å²) in [5.74, 6) is 1.70. The summed E-state index contributed by atoms with van der Waals surface area (Å²) in [4.78, 5) is 2.15. The quantitative estimate of drug-likeness (QED) is 0.889. The molecule has 0 aliphatic rings. The molecule has 0 radical (unpaired) electrons. The summed E-state index contributed by atoms with van der Waals surface area (Å²) in [6.45, 7) is 5.32. The molecule has 2 rings (SSSR count). The normalized spacial score (nSPS) is 12.1. The molecule has 22 heavy (non-hydrogen) atoms. The Morgan fingerprint density at radius 2 is 2.00 bits per heavy atom. The predicted octanol–water partition coefficient (Wildman–Crippen LogP) is 3.16. The molecule has 0 saturated heterocycles. The van der Waals surface area contributed by atoms with Gasteiger partial charge in [0, 0.05) is 23.8 Å². The van der Waals surface area contributed by atoms with Crippen LogP contribution in [0.3, 0.4) is 0 Å². The van der Waals surface area contributed by atoms with Gasteiger partial charge in [0.15, 0.2) is 0 Å². The lowest BCUT2D eigenvalue weighted by atomic mass is 9.92. The molecule has 2 N–H and O–H groups in total. The van der Waals surface area contributed by atoms with Crippen LogP contribution in [0.5, 0.6) is 0 Å². The van der Waals surface area contributed by atoms with Crippen LogP contribution < -0.4 is 5.73 Å². The number of aromatic nitrogens is 2. The number of nitrogen functional groups attached to an aromatic ring is 1. The second kappa shape index (κ2) is 6.75. The monoisotopic (exact) mass is 318 g/mol. The Balaban J connectivity index is 2.35. The van der Waals surface area contributed by atoms with Gasteiger partial charge in [0.1, 0.15) is 5.82 Å². The van der Waals surface area contributed by atoms with E-state index < -0.39 is 0 Å². The van der Waals surface area contributed by atoms with Crippen LogP contribution in [0.25, 0.3) is 5.69 Å². The number of nitrogens with zero attached hydrogens (tertiary/aromatic N) is 3. The maximum Gasteiger partial charge on any atom is 0.127 e. The minimum atomic E-state index is 0.0139. The van der Waals surface area contributed by atoms with Gasteiger partial charge in [0.2, 0.25) is 0 Å². The number of hydrogen-bond donors (Lipinski definition) is 1. The SMILES string of the molecule is CSCC(C)(C)c1cc(N)n(-c2cccc(CN(C)C)c2)n1. The molecule has 0 unspecified atom stereocenters. The maximum atomic E-state index is 6.20. The van der Waals surface area contributed by atoms with Crippen molar-refractivity contribution in [2.45, 2.75) is 25.8 Å². The highest BCUT2D eigenvalue weighted by Crippen LogP contribution is 2.28. The fraction of sp³-hybridized carbons (Fsp3) is 0.471. The second-order valence-corrected chi connectivity index (χ2v) is 7.46. The third kappa shape index (κ3) is 3.84. The van der Waals surface area contributed by atoms with Gasteiger partial charge in [0.05, 0.1) is 11.4 Å². The van der Waals surface area contributed by atoms with E-state index in [9.17, 15) is 0 Å². The predicted molar refractivity (Wildman–Crippen MR) is 96.8 cm³/mol. The van der Waals surface area contributed by atoms with Crippen molar-refractivity contribution in [1.29, 1.82) is 0 Å². The van der Waals surface area contributed by atoms with Crippen LogP contribution in [-0.4, -0.2) is 40.8 Å². The minimum Gasteiger partial charge on any atom is -0.384 e. The standard InChI is InChI=1S/C17H26N4S/c1-17(2,12-22-5)15-10-16(18)21(19-15)14-8-6-7-13(9-14)11-20(3)4/h6-10H,11-12,18H2,1-5H3. The van der Waals surface area contributed by atoms with Crippen LogP contribution >= 0.6 is 11.8 Å². The average molecular weight is 318 g/mol. The van der Waals surface area contributed by atoms with Gasteiger partial charge in [-0.2, -0.15) is 16.9 Å².